The SMILES string of the molecule is O=C(Nc1nc(-c2ccc3c(c2)OCO3)cs1)c1cccc2cccnc12. The molecular formula is C20H13N3O3S. The van der Waals surface area contributed by atoms with Crippen LogP contribution in [0.1, 0.15) is 10.4 Å². The van der Waals surface area contributed by atoms with E-state index < -0.39 is 0 Å². The average molecular weight is 375 g/mol. The maximum absolute atomic E-state index is 12.7. The van der Waals surface area contributed by atoms with Crippen molar-refractivity contribution < 1.29 is 14.3 Å². The molecule has 0 saturated carbocycles. The van der Waals surface area contributed by atoms with E-state index in [2.05, 4.69) is 15.3 Å². The number of amides is 1. The van der Waals surface area contributed by atoms with E-state index >= 15 is 0 Å². The molecule has 0 radical (unpaired) electrons. The lowest BCUT2D eigenvalue weighted by Gasteiger charge is -2.05. The maximum Gasteiger partial charge on any atom is 0.259 e. The van der Waals surface area contributed by atoms with Crippen molar-refractivity contribution >= 4 is 33.3 Å². The number of thiazole rings is 1. The van der Waals surface area contributed by atoms with Gasteiger partial charge in [0.05, 0.1) is 16.8 Å². The zero-order valence-corrected chi connectivity index (χ0v) is 14.8. The normalized spacial score (nSPS) is 12.3. The zero-order chi connectivity index (χ0) is 18.2. The van der Waals surface area contributed by atoms with Crippen LogP contribution in [0, 0.1) is 0 Å². The van der Waals surface area contributed by atoms with Crippen molar-refractivity contribution in [3.63, 3.8) is 0 Å². The summed E-state index contributed by atoms with van der Waals surface area (Å²) in [6.45, 7) is 0.232. The summed E-state index contributed by atoms with van der Waals surface area (Å²) >= 11 is 1.37. The quantitative estimate of drug-likeness (QED) is 0.577. The number of para-hydroxylation sites is 1. The molecule has 1 aliphatic heterocycles. The molecule has 0 fully saturated rings. The van der Waals surface area contributed by atoms with Crippen molar-refractivity contribution in [1.29, 1.82) is 0 Å². The fraction of sp³-hybridized carbons (Fsp3) is 0.0500. The van der Waals surface area contributed by atoms with Crippen LogP contribution < -0.4 is 14.8 Å². The van der Waals surface area contributed by atoms with Crippen molar-refractivity contribution in [1.82, 2.24) is 9.97 Å². The van der Waals surface area contributed by atoms with Crippen LogP contribution in [-0.4, -0.2) is 22.7 Å². The summed E-state index contributed by atoms with van der Waals surface area (Å²) in [6, 6.07) is 15.0. The number of pyridine rings is 1. The second-order valence-corrected chi connectivity index (χ2v) is 6.80. The molecule has 0 atom stereocenters. The maximum atomic E-state index is 12.7. The molecule has 1 N–H and O–H groups in total. The highest BCUT2D eigenvalue weighted by Crippen LogP contribution is 2.36. The molecule has 0 bridgehead atoms. The number of benzene rings is 2. The smallest absolute Gasteiger partial charge is 0.259 e. The first kappa shape index (κ1) is 15.8. The van der Waals surface area contributed by atoms with Gasteiger partial charge in [0.2, 0.25) is 6.79 Å². The molecule has 2 aromatic heterocycles. The molecule has 5 rings (SSSR count). The Bertz CT molecular complexity index is 1170. The van der Waals surface area contributed by atoms with Gasteiger partial charge >= 0.3 is 0 Å². The van der Waals surface area contributed by atoms with Crippen molar-refractivity contribution in [2.45, 2.75) is 0 Å². The number of hydrogen-bond donors (Lipinski definition) is 1. The molecule has 0 unspecified atom stereocenters. The molecule has 3 heterocycles. The van der Waals surface area contributed by atoms with E-state index in [1.54, 1.807) is 12.3 Å². The van der Waals surface area contributed by atoms with Crippen LogP contribution in [0.4, 0.5) is 5.13 Å². The van der Waals surface area contributed by atoms with Gasteiger partial charge in [-0.05, 0) is 30.3 Å². The third kappa shape index (κ3) is 2.88. The number of carbonyl (C=O) groups excluding carboxylic acids is 1. The Kier molecular flexibility index (Phi) is 3.72. The number of rotatable bonds is 3. The molecule has 1 amide bonds. The van der Waals surface area contributed by atoms with Crippen LogP contribution in [0.2, 0.25) is 0 Å². The molecule has 0 aliphatic carbocycles. The number of carbonyl (C=O) groups is 1. The number of fused-ring (bicyclic) bond motifs is 2. The average Bonchev–Trinajstić information content (AvgIpc) is 3.36. The molecule has 7 heteroatoms. The molecule has 27 heavy (non-hydrogen) atoms. The summed E-state index contributed by atoms with van der Waals surface area (Å²) in [7, 11) is 0. The van der Waals surface area contributed by atoms with E-state index in [1.807, 2.05) is 47.8 Å². The first-order valence-electron chi connectivity index (χ1n) is 8.28. The topological polar surface area (TPSA) is 73.3 Å². The van der Waals surface area contributed by atoms with Gasteiger partial charge in [-0.2, -0.15) is 0 Å². The van der Waals surface area contributed by atoms with Gasteiger partial charge in [-0.25, -0.2) is 4.98 Å². The minimum absolute atomic E-state index is 0.231. The van der Waals surface area contributed by atoms with Crippen LogP contribution in [-0.2, 0) is 0 Å². The highest BCUT2D eigenvalue weighted by molar-refractivity contribution is 7.14. The van der Waals surface area contributed by atoms with E-state index in [-0.39, 0.29) is 12.7 Å². The van der Waals surface area contributed by atoms with Gasteiger partial charge in [-0.15, -0.1) is 11.3 Å². The predicted molar refractivity (Wildman–Crippen MR) is 103 cm³/mol. The summed E-state index contributed by atoms with van der Waals surface area (Å²) in [6.07, 6.45) is 1.68. The van der Waals surface area contributed by atoms with Crippen molar-refractivity contribution in [2.24, 2.45) is 0 Å². The van der Waals surface area contributed by atoms with Gasteiger partial charge in [0.15, 0.2) is 16.6 Å². The predicted octanol–water partition coefficient (Wildman–Crippen LogP) is 4.34. The monoisotopic (exact) mass is 375 g/mol. The van der Waals surface area contributed by atoms with Gasteiger partial charge in [-0.1, -0.05) is 18.2 Å². The Morgan fingerprint density at radius 3 is 2.93 bits per heavy atom. The van der Waals surface area contributed by atoms with E-state index in [4.69, 9.17) is 9.47 Å². The van der Waals surface area contributed by atoms with Gasteiger partial charge in [0, 0.05) is 22.5 Å². The summed E-state index contributed by atoms with van der Waals surface area (Å²) in [5.74, 6) is 1.20. The van der Waals surface area contributed by atoms with Gasteiger partial charge in [-0.3, -0.25) is 15.1 Å². The summed E-state index contributed by atoms with van der Waals surface area (Å²) < 4.78 is 10.7. The number of aromatic nitrogens is 2. The van der Waals surface area contributed by atoms with Crippen LogP contribution >= 0.6 is 11.3 Å². The summed E-state index contributed by atoms with van der Waals surface area (Å²) in [4.78, 5) is 21.6. The minimum atomic E-state index is -0.231. The molecular weight excluding hydrogens is 362 g/mol. The number of anilines is 1. The second kappa shape index (κ2) is 6.37. The Hall–Kier alpha value is -3.45. The number of ether oxygens (including phenoxy) is 2. The van der Waals surface area contributed by atoms with E-state index in [0.29, 0.717) is 22.0 Å². The van der Waals surface area contributed by atoms with Crippen LogP contribution in [0.25, 0.3) is 22.2 Å². The number of hydrogen-bond acceptors (Lipinski definition) is 6. The van der Waals surface area contributed by atoms with Crippen LogP contribution in [0.15, 0.2) is 60.1 Å². The second-order valence-electron chi connectivity index (χ2n) is 5.94. The fourth-order valence-corrected chi connectivity index (χ4v) is 3.69. The van der Waals surface area contributed by atoms with Crippen LogP contribution in [0.5, 0.6) is 11.5 Å². The first-order valence-corrected chi connectivity index (χ1v) is 9.16. The lowest BCUT2D eigenvalue weighted by molar-refractivity contribution is 0.102. The third-order valence-corrected chi connectivity index (χ3v) is 5.03. The van der Waals surface area contributed by atoms with E-state index in [9.17, 15) is 4.79 Å². The van der Waals surface area contributed by atoms with Crippen molar-refractivity contribution in [3.8, 4) is 22.8 Å². The number of nitrogens with zero attached hydrogens (tertiary/aromatic N) is 2. The van der Waals surface area contributed by atoms with Gasteiger partial charge in [0.25, 0.3) is 5.91 Å². The zero-order valence-electron chi connectivity index (χ0n) is 14.0. The lowest BCUT2D eigenvalue weighted by atomic mass is 10.1. The molecule has 0 saturated heterocycles. The Morgan fingerprint density at radius 2 is 1.96 bits per heavy atom. The van der Waals surface area contributed by atoms with Gasteiger partial charge < -0.3 is 9.47 Å². The highest BCUT2D eigenvalue weighted by atomic mass is 32.1. The standard InChI is InChI=1S/C20H13N3O3S/c24-19(14-5-1-3-12-4-2-8-21-18(12)14)23-20-22-15(10-27-20)13-6-7-16-17(9-13)26-11-25-16/h1-10H,11H2,(H,22,23,24). The van der Waals surface area contributed by atoms with Crippen molar-refractivity contribution in [3.05, 3.63) is 65.7 Å². The lowest BCUT2D eigenvalue weighted by Crippen LogP contribution is -2.12. The molecule has 1 aliphatic rings. The Labute approximate surface area is 158 Å². The van der Waals surface area contributed by atoms with E-state index in [0.717, 1.165) is 22.4 Å². The Balaban J connectivity index is 1.41. The molecule has 2 aromatic carbocycles. The molecule has 132 valence electrons. The minimum Gasteiger partial charge on any atom is -0.454 e. The molecule has 0 spiro atoms. The highest BCUT2D eigenvalue weighted by Gasteiger charge is 2.16. The summed E-state index contributed by atoms with van der Waals surface area (Å²) in [5, 5.41) is 6.21. The third-order valence-electron chi connectivity index (χ3n) is 4.27. The van der Waals surface area contributed by atoms with Crippen LogP contribution in [0.3, 0.4) is 0 Å². The first-order chi connectivity index (χ1) is 13.3. The van der Waals surface area contributed by atoms with E-state index in [1.165, 1.54) is 11.3 Å². The molecule has 6 nitrogen and oxygen atoms in total. The van der Waals surface area contributed by atoms with Gasteiger partial charge in [0.1, 0.15) is 0 Å². The molecule has 4 aromatic rings. The Morgan fingerprint density at radius 1 is 1.07 bits per heavy atom. The largest absolute Gasteiger partial charge is 0.454 e. The fourth-order valence-electron chi connectivity index (χ4n) is 2.97. The summed E-state index contributed by atoms with van der Waals surface area (Å²) in [5.41, 5.74) is 2.87. The van der Waals surface area contributed by atoms with Crippen molar-refractivity contribution in [2.75, 3.05) is 12.1 Å². The number of nitrogens with one attached hydrogen (secondary N) is 1.